The van der Waals surface area contributed by atoms with E-state index in [0.717, 1.165) is 17.6 Å². The Morgan fingerprint density at radius 2 is 1.90 bits per heavy atom. The highest BCUT2D eigenvalue weighted by Gasteiger charge is 2.20. The molecule has 20 heavy (non-hydrogen) atoms. The molecule has 0 atom stereocenters. The van der Waals surface area contributed by atoms with Crippen LogP contribution < -0.4 is 0 Å². The van der Waals surface area contributed by atoms with Gasteiger partial charge in [-0.05, 0) is 18.2 Å². The maximum atomic E-state index is 13.7. The summed E-state index contributed by atoms with van der Waals surface area (Å²) in [6.45, 7) is 0. The fourth-order valence-corrected chi connectivity index (χ4v) is 2.18. The van der Waals surface area contributed by atoms with Gasteiger partial charge in [-0.2, -0.15) is 5.10 Å². The van der Waals surface area contributed by atoms with E-state index < -0.39 is 17.4 Å². The molecule has 1 heterocycles. The van der Waals surface area contributed by atoms with Gasteiger partial charge in [-0.25, -0.2) is 8.78 Å². The summed E-state index contributed by atoms with van der Waals surface area (Å²) in [5.41, 5.74) is 0.752. The maximum absolute atomic E-state index is 13.7. The average molecular weight is 272 g/mol. The summed E-state index contributed by atoms with van der Waals surface area (Å²) in [5.74, 6) is -2.16. The van der Waals surface area contributed by atoms with Crippen molar-refractivity contribution >= 4 is 16.7 Å². The van der Waals surface area contributed by atoms with Crippen molar-refractivity contribution < 1.29 is 13.6 Å². The molecule has 5 heteroatoms. The first-order chi connectivity index (χ1) is 9.58. The van der Waals surface area contributed by atoms with Crippen molar-refractivity contribution in [2.75, 3.05) is 0 Å². The number of fused-ring (bicyclic) bond motifs is 1. The number of hydrogen-bond acceptors (Lipinski definition) is 2. The molecule has 0 spiro atoms. The van der Waals surface area contributed by atoms with Crippen molar-refractivity contribution in [1.82, 2.24) is 9.78 Å². The highest BCUT2D eigenvalue weighted by atomic mass is 19.1. The van der Waals surface area contributed by atoms with Gasteiger partial charge in [0, 0.05) is 18.5 Å². The molecular formula is C15H10F2N2O. The molecule has 0 aliphatic rings. The molecule has 3 nitrogen and oxygen atoms in total. The monoisotopic (exact) mass is 272 g/mol. The summed E-state index contributed by atoms with van der Waals surface area (Å²) < 4.78 is 28.2. The molecule has 0 N–H and O–H groups in total. The summed E-state index contributed by atoms with van der Waals surface area (Å²) in [7, 11) is 1.71. The minimum Gasteiger partial charge on any atom is -0.287 e. The number of halogens is 2. The zero-order valence-corrected chi connectivity index (χ0v) is 10.6. The summed E-state index contributed by atoms with van der Waals surface area (Å²) in [4.78, 5) is 12.4. The first-order valence-electron chi connectivity index (χ1n) is 5.99. The normalized spacial score (nSPS) is 10.9. The average Bonchev–Trinajstić information content (AvgIpc) is 2.76. The highest BCUT2D eigenvalue weighted by Crippen LogP contribution is 2.21. The molecule has 0 aliphatic carbocycles. The molecule has 0 radical (unpaired) electrons. The summed E-state index contributed by atoms with van der Waals surface area (Å²) >= 11 is 0. The van der Waals surface area contributed by atoms with Crippen LogP contribution in [0.4, 0.5) is 8.78 Å². The second kappa shape index (κ2) is 4.52. The third-order valence-electron chi connectivity index (χ3n) is 3.15. The van der Waals surface area contributed by atoms with Crippen molar-refractivity contribution in [2.24, 2.45) is 7.05 Å². The van der Waals surface area contributed by atoms with Crippen LogP contribution in [0.5, 0.6) is 0 Å². The van der Waals surface area contributed by atoms with E-state index in [1.807, 2.05) is 12.1 Å². The number of aromatic nitrogens is 2. The van der Waals surface area contributed by atoms with Crippen molar-refractivity contribution in [3.63, 3.8) is 0 Å². The van der Waals surface area contributed by atoms with Crippen LogP contribution in [0.1, 0.15) is 16.1 Å². The minimum absolute atomic E-state index is 0.161. The third kappa shape index (κ3) is 1.87. The second-order valence-corrected chi connectivity index (χ2v) is 4.44. The number of ketones is 1. The Labute approximate surface area is 113 Å². The largest absolute Gasteiger partial charge is 0.287 e. The lowest BCUT2D eigenvalue weighted by molar-refractivity contribution is 0.103. The number of benzene rings is 2. The standard InChI is InChI=1S/C15H10F2N2O/c1-19-13-5-3-2-4-11(13)14(18-19)15(20)10-7-6-9(16)8-12(10)17/h2-8H,1H3. The van der Waals surface area contributed by atoms with Gasteiger partial charge in [0.15, 0.2) is 0 Å². The molecule has 3 aromatic rings. The van der Waals surface area contributed by atoms with E-state index in [1.165, 1.54) is 0 Å². The lowest BCUT2D eigenvalue weighted by Crippen LogP contribution is -2.06. The fourth-order valence-electron chi connectivity index (χ4n) is 2.18. The van der Waals surface area contributed by atoms with Crippen LogP contribution in [-0.2, 0) is 7.05 Å². The first-order valence-corrected chi connectivity index (χ1v) is 5.99. The van der Waals surface area contributed by atoms with Crippen LogP contribution in [0.15, 0.2) is 42.5 Å². The van der Waals surface area contributed by atoms with Gasteiger partial charge in [0.1, 0.15) is 17.3 Å². The number of carbonyl (C=O) groups excluding carboxylic acids is 1. The SMILES string of the molecule is Cn1nc(C(=O)c2ccc(F)cc2F)c2ccccc21. The molecule has 0 saturated heterocycles. The van der Waals surface area contributed by atoms with E-state index in [4.69, 9.17) is 0 Å². The summed E-state index contributed by atoms with van der Waals surface area (Å²) in [6.07, 6.45) is 0. The number of rotatable bonds is 2. The zero-order chi connectivity index (χ0) is 14.3. The van der Waals surface area contributed by atoms with E-state index >= 15 is 0 Å². The molecule has 3 rings (SSSR count). The van der Waals surface area contributed by atoms with Crippen LogP contribution in [0, 0.1) is 11.6 Å². The Kier molecular flexibility index (Phi) is 2.82. The fraction of sp³-hybridized carbons (Fsp3) is 0.0667. The lowest BCUT2D eigenvalue weighted by atomic mass is 10.0. The van der Waals surface area contributed by atoms with Gasteiger partial charge in [-0.15, -0.1) is 0 Å². The minimum atomic E-state index is -0.885. The van der Waals surface area contributed by atoms with Crippen LogP contribution in [0.2, 0.25) is 0 Å². The predicted octanol–water partition coefficient (Wildman–Crippen LogP) is 3.08. The highest BCUT2D eigenvalue weighted by molar-refractivity contribution is 6.14. The topological polar surface area (TPSA) is 34.9 Å². The van der Waals surface area contributed by atoms with Crippen molar-refractivity contribution in [3.8, 4) is 0 Å². The Hall–Kier alpha value is -2.56. The van der Waals surface area contributed by atoms with E-state index in [0.29, 0.717) is 11.5 Å². The van der Waals surface area contributed by atoms with Crippen LogP contribution in [-0.4, -0.2) is 15.6 Å². The number of carbonyl (C=O) groups is 1. The zero-order valence-electron chi connectivity index (χ0n) is 10.6. The lowest BCUT2D eigenvalue weighted by Gasteiger charge is -2.00. The Morgan fingerprint density at radius 1 is 1.15 bits per heavy atom. The smallest absolute Gasteiger partial charge is 0.216 e. The summed E-state index contributed by atoms with van der Waals surface area (Å²) in [5, 5.41) is 4.78. The van der Waals surface area contributed by atoms with Gasteiger partial charge in [0.2, 0.25) is 5.78 Å². The van der Waals surface area contributed by atoms with Gasteiger partial charge in [0.05, 0.1) is 11.1 Å². The van der Waals surface area contributed by atoms with E-state index in [1.54, 1.807) is 23.9 Å². The quantitative estimate of drug-likeness (QED) is 0.672. The third-order valence-corrected chi connectivity index (χ3v) is 3.15. The van der Waals surface area contributed by atoms with Gasteiger partial charge in [0.25, 0.3) is 0 Å². The predicted molar refractivity (Wildman–Crippen MR) is 70.5 cm³/mol. The summed E-state index contributed by atoms with van der Waals surface area (Å²) in [6, 6.07) is 10.1. The number of hydrogen-bond donors (Lipinski definition) is 0. The van der Waals surface area contributed by atoms with Crippen LogP contribution in [0.3, 0.4) is 0 Å². The van der Waals surface area contributed by atoms with Crippen molar-refractivity contribution in [1.29, 1.82) is 0 Å². The van der Waals surface area contributed by atoms with E-state index in [9.17, 15) is 13.6 Å². The van der Waals surface area contributed by atoms with Gasteiger partial charge >= 0.3 is 0 Å². The van der Waals surface area contributed by atoms with Crippen molar-refractivity contribution in [2.45, 2.75) is 0 Å². The molecule has 0 fully saturated rings. The maximum Gasteiger partial charge on any atom is 0.216 e. The molecule has 0 bridgehead atoms. The number of para-hydroxylation sites is 1. The Balaban J connectivity index is 2.18. The van der Waals surface area contributed by atoms with E-state index in [-0.39, 0.29) is 11.3 Å². The van der Waals surface area contributed by atoms with Crippen molar-refractivity contribution in [3.05, 3.63) is 65.4 Å². The Morgan fingerprint density at radius 3 is 2.65 bits per heavy atom. The molecule has 1 aromatic heterocycles. The molecule has 0 aliphatic heterocycles. The van der Waals surface area contributed by atoms with Crippen LogP contribution in [0.25, 0.3) is 10.9 Å². The Bertz CT molecular complexity index is 824. The molecular weight excluding hydrogens is 262 g/mol. The second-order valence-electron chi connectivity index (χ2n) is 4.44. The first kappa shape index (κ1) is 12.5. The molecule has 0 unspecified atom stereocenters. The van der Waals surface area contributed by atoms with E-state index in [2.05, 4.69) is 5.10 Å². The van der Waals surface area contributed by atoms with Gasteiger partial charge < -0.3 is 0 Å². The number of nitrogens with zero attached hydrogens (tertiary/aromatic N) is 2. The van der Waals surface area contributed by atoms with Gasteiger partial charge in [-0.1, -0.05) is 18.2 Å². The number of aryl methyl sites for hydroxylation is 1. The molecule has 0 amide bonds. The molecule has 2 aromatic carbocycles. The van der Waals surface area contributed by atoms with Gasteiger partial charge in [-0.3, -0.25) is 9.48 Å². The molecule has 0 saturated carbocycles. The van der Waals surface area contributed by atoms with Crippen LogP contribution >= 0.6 is 0 Å². The molecule has 100 valence electrons.